The van der Waals surface area contributed by atoms with Gasteiger partial charge < -0.3 is 20.1 Å². The summed E-state index contributed by atoms with van der Waals surface area (Å²) in [4.78, 5) is 5.72. The van der Waals surface area contributed by atoms with E-state index in [1.54, 1.807) is 14.2 Å². The number of aliphatic imine (C=N–C) groups is 1. The Bertz CT molecular complexity index is 686. The van der Waals surface area contributed by atoms with Crippen LogP contribution in [0.2, 0.25) is 0 Å². The Kier molecular flexibility index (Phi) is 8.28. The highest BCUT2D eigenvalue weighted by Crippen LogP contribution is 2.27. The first-order chi connectivity index (χ1) is 12.7. The molecule has 0 radical (unpaired) electrons. The van der Waals surface area contributed by atoms with E-state index >= 15 is 0 Å². The number of methoxy groups -OCH3 is 1. The van der Waals surface area contributed by atoms with Crippen LogP contribution in [-0.2, 0) is 13.0 Å². The number of ether oxygens (including phenoxy) is 2. The van der Waals surface area contributed by atoms with Crippen LogP contribution in [0, 0.1) is 5.92 Å². The molecule has 142 valence electrons. The number of hydrogen-bond acceptors (Lipinski definition) is 4. The van der Waals surface area contributed by atoms with Gasteiger partial charge in [0.15, 0.2) is 17.5 Å². The Hall–Kier alpha value is -2.21. The van der Waals surface area contributed by atoms with Gasteiger partial charge in [-0.05, 0) is 48.4 Å². The van der Waals surface area contributed by atoms with E-state index < -0.39 is 0 Å². The SMILES string of the molecule is CCOc1ccc(CNC(=NC)NCC(C)Cc2cccs2)cc1OC. The zero-order valence-electron chi connectivity index (χ0n) is 16.0. The molecular formula is C20H29N3O2S. The van der Waals surface area contributed by atoms with E-state index in [2.05, 4.69) is 40.1 Å². The van der Waals surface area contributed by atoms with Crippen LogP contribution < -0.4 is 20.1 Å². The maximum Gasteiger partial charge on any atom is 0.191 e. The van der Waals surface area contributed by atoms with Crippen molar-refractivity contribution in [3.05, 3.63) is 46.2 Å². The van der Waals surface area contributed by atoms with Crippen molar-refractivity contribution in [1.82, 2.24) is 10.6 Å². The average Bonchev–Trinajstić information content (AvgIpc) is 3.16. The molecule has 0 bridgehead atoms. The number of nitrogens with one attached hydrogen (secondary N) is 2. The van der Waals surface area contributed by atoms with E-state index in [9.17, 15) is 0 Å². The Morgan fingerprint density at radius 1 is 1.23 bits per heavy atom. The van der Waals surface area contributed by atoms with Crippen molar-refractivity contribution in [2.45, 2.75) is 26.8 Å². The van der Waals surface area contributed by atoms with Crippen LogP contribution in [0.5, 0.6) is 11.5 Å². The predicted octanol–water partition coefficient (Wildman–Crippen LogP) is 3.70. The van der Waals surface area contributed by atoms with Crippen LogP contribution in [0.4, 0.5) is 0 Å². The van der Waals surface area contributed by atoms with E-state index in [-0.39, 0.29) is 0 Å². The molecule has 1 aromatic heterocycles. The average molecular weight is 376 g/mol. The second kappa shape index (κ2) is 10.7. The van der Waals surface area contributed by atoms with Crippen molar-refractivity contribution in [2.24, 2.45) is 10.9 Å². The Balaban J connectivity index is 1.82. The molecule has 2 aromatic rings. The highest BCUT2D eigenvalue weighted by atomic mass is 32.1. The third-order valence-electron chi connectivity index (χ3n) is 3.96. The van der Waals surface area contributed by atoms with Crippen LogP contribution in [-0.4, -0.2) is 33.3 Å². The molecule has 1 heterocycles. The van der Waals surface area contributed by atoms with Gasteiger partial charge in [-0.15, -0.1) is 11.3 Å². The van der Waals surface area contributed by atoms with Gasteiger partial charge >= 0.3 is 0 Å². The molecule has 0 aliphatic rings. The summed E-state index contributed by atoms with van der Waals surface area (Å²) in [5.74, 6) is 2.86. The predicted molar refractivity (Wildman–Crippen MR) is 110 cm³/mol. The van der Waals surface area contributed by atoms with Gasteiger partial charge in [-0.1, -0.05) is 19.1 Å². The zero-order valence-corrected chi connectivity index (χ0v) is 16.9. The minimum Gasteiger partial charge on any atom is -0.493 e. The van der Waals surface area contributed by atoms with Crippen molar-refractivity contribution in [3.8, 4) is 11.5 Å². The van der Waals surface area contributed by atoms with Crippen molar-refractivity contribution in [3.63, 3.8) is 0 Å². The number of nitrogens with zero attached hydrogens (tertiary/aromatic N) is 1. The van der Waals surface area contributed by atoms with Crippen LogP contribution in [0.3, 0.4) is 0 Å². The van der Waals surface area contributed by atoms with Gasteiger partial charge in [0.1, 0.15) is 0 Å². The molecule has 0 aliphatic heterocycles. The summed E-state index contributed by atoms with van der Waals surface area (Å²) in [7, 11) is 3.45. The summed E-state index contributed by atoms with van der Waals surface area (Å²) in [5.41, 5.74) is 1.11. The van der Waals surface area contributed by atoms with Gasteiger partial charge in [0, 0.05) is 25.0 Å². The van der Waals surface area contributed by atoms with E-state index in [0.29, 0.717) is 19.1 Å². The number of rotatable bonds is 9. The molecule has 0 amide bonds. The van der Waals surface area contributed by atoms with Crippen LogP contribution in [0.15, 0.2) is 40.7 Å². The van der Waals surface area contributed by atoms with Crippen LogP contribution in [0.1, 0.15) is 24.3 Å². The van der Waals surface area contributed by atoms with E-state index in [4.69, 9.17) is 9.47 Å². The number of guanidine groups is 1. The first-order valence-electron chi connectivity index (χ1n) is 8.92. The first-order valence-corrected chi connectivity index (χ1v) is 9.80. The molecule has 2 rings (SSSR count). The van der Waals surface area contributed by atoms with Gasteiger partial charge in [-0.3, -0.25) is 4.99 Å². The normalized spacial score (nSPS) is 12.5. The number of thiophene rings is 1. The van der Waals surface area contributed by atoms with Gasteiger partial charge in [0.25, 0.3) is 0 Å². The Labute approximate surface area is 160 Å². The minimum atomic E-state index is 0.540. The molecule has 1 atom stereocenters. The van der Waals surface area contributed by atoms with Gasteiger partial charge in [0.2, 0.25) is 0 Å². The molecule has 6 heteroatoms. The summed E-state index contributed by atoms with van der Waals surface area (Å²) >= 11 is 1.81. The molecule has 0 saturated carbocycles. The molecule has 0 fully saturated rings. The van der Waals surface area contributed by atoms with Crippen LogP contribution in [0.25, 0.3) is 0 Å². The third-order valence-corrected chi connectivity index (χ3v) is 4.86. The highest BCUT2D eigenvalue weighted by molar-refractivity contribution is 7.09. The minimum absolute atomic E-state index is 0.540. The van der Waals surface area contributed by atoms with Crippen molar-refractivity contribution in [1.29, 1.82) is 0 Å². The fourth-order valence-corrected chi connectivity index (χ4v) is 3.49. The van der Waals surface area contributed by atoms with E-state index in [0.717, 1.165) is 36.0 Å². The van der Waals surface area contributed by atoms with Gasteiger partial charge in [0.05, 0.1) is 13.7 Å². The topological polar surface area (TPSA) is 54.9 Å². The van der Waals surface area contributed by atoms with E-state index in [1.807, 2.05) is 36.5 Å². The quantitative estimate of drug-likeness (QED) is 0.518. The highest BCUT2D eigenvalue weighted by Gasteiger charge is 2.08. The number of benzene rings is 1. The standard InChI is InChI=1S/C20H29N3O2S/c1-5-25-18-9-8-16(12-19(18)24-4)14-23-20(21-3)22-13-15(2)11-17-7-6-10-26-17/h6-10,12,15H,5,11,13-14H2,1-4H3,(H2,21,22,23). The summed E-state index contributed by atoms with van der Waals surface area (Å²) in [6.45, 7) is 6.38. The molecule has 0 spiro atoms. The van der Waals surface area contributed by atoms with Gasteiger partial charge in [-0.2, -0.15) is 0 Å². The largest absolute Gasteiger partial charge is 0.493 e. The van der Waals surface area contributed by atoms with Crippen LogP contribution >= 0.6 is 11.3 Å². The van der Waals surface area contributed by atoms with Crippen molar-refractivity contribution in [2.75, 3.05) is 27.3 Å². The van der Waals surface area contributed by atoms with Crippen molar-refractivity contribution >= 4 is 17.3 Å². The molecular weight excluding hydrogens is 346 g/mol. The summed E-state index contributed by atoms with van der Waals surface area (Å²) < 4.78 is 11.0. The molecule has 2 N–H and O–H groups in total. The fraction of sp³-hybridized carbons (Fsp3) is 0.450. The summed E-state index contributed by atoms with van der Waals surface area (Å²) in [5, 5.41) is 8.87. The van der Waals surface area contributed by atoms with Crippen molar-refractivity contribution < 1.29 is 9.47 Å². The fourth-order valence-electron chi connectivity index (χ4n) is 2.62. The molecule has 0 aliphatic carbocycles. The smallest absolute Gasteiger partial charge is 0.191 e. The number of hydrogen-bond donors (Lipinski definition) is 2. The molecule has 1 unspecified atom stereocenters. The molecule has 0 saturated heterocycles. The maximum atomic E-state index is 5.56. The van der Waals surface area contributed by atoms with Gasteiger partial charge in [-0.25, -0.2) is 0 Å². The Morgan fingerprint density at radius 2 is 2.08 bits per heavy atom. The molecule has 26 heavy (non-hydrogen) atoms. The lowest BCUT2D eigenvalue weighted by atomic mass is 10.1. The van der Waals surface area contributed by atoms with E-state index in [1.165, 1.54) is 4.88 Å². The lowest BCUT2D eigenvalue weighted by Gasteiger charge is -2.16. The Morgan fingerprint density at radius 3 is 2.73 bits per heavy atom. The lowest BCUT2D eigenvalue weighted by molar-refractivity contribution is 0.310. The first kappa shape index (κ1) is 20.1. The lowest BCUT2D eigenvalue weighted by Crippen LogP contribution is -2.39. The monoisotopic (exact) mass is 375 g/mol. The maximum absolute atomic E-state index is 5.56. The molecule has 1 aromatic carbocycles. The zero-order chi connectivity index (χ0) is 18.8. The second-order valence-electron chi connectivity index (χ2n) is 6.11. The third kappa shape index (κ3) is 6.26. The summed E-state index contributed by atoms with van der Waals surface area (Å²) in [6.07, 6.45) is 1.08. The molecule has 5 nitrogen and oxygen atoms in total. The second-order valence-corrected chi connectivity index (χ2v) is 7.15. The summed E-state index contributed by atoms with van der Waals surface area (Å²) in [6, 6.07) is 10.3.